The summed E-state index contributed by atoms with van der Waals surface area (Å²) in [6, 6.07) is 7.52. The Balaban J connectivity index is 1.79. The van der Waals surface area contributed by atoms with Crippen molar-refractivity contribution >= 4 is 11.6 Å². The van der Waals surface area contributed by atoms with Crippen LogP contribution in [0, 0.1) is 5.92 Å². The zero-order valence-corrected chi connectivity index (χ0v) is 11.7. The molecular weight excluding hydrogens is 246 g/mol. The summed E-state index contributed by atoms with van der Waals surface area (Å²) in [4.78, 5) is 2.45. The average Bonchev–Trinajstić information content (AvgIpc) is 2.38. The van der Waals surface area contributed by atoms with Gasteiger partial charge < -0.3 is 10.0 Å². The van der Waals surface area contributed by atoms with Gasteiger partial charge in [-0.2, -0.15) is 0 Å². The predicted octanol–water partition coefficient (Wildman–Crippen LogP) is 3.50. The lowest BCUT2D eigenvalue weighted by Gasteiger charge is -2.30. The van der Waals surface area contributed by atoms with Crippen LogP contribution in [0.4, 0.5) is 0 Å². The number of nitrogens with zero attached hydrogens (tertiary/aromatic N) is 1. The minimum absolute atomic E-state index is 0.400. The number of aliphatic hydroxyl groups excluding tert-OH is 1. The molecule has 1 saturated heterocycles. The quantitative estimate of drug-likeness (QED) is 0.903. The molecule has 1 N–H and O–H groups in total. The molecule has 1 aromatic rings. The zero-order chi connectivity index (χ0) is 13.0. The first-order valence-corrected chi connectivity index (χ1v) is 7.19. The first-order valence-electron chi connectivity index (χ1n) is 6.81. The van der Waals surface area contributed by atoms with Crippen LogP contribution in [0.1, 0.15) is 37.9 Å². The van der Waals surface area contributed by atoms with Gasteiger partial charge in [0, 0.05) is 11.6 Å². The number of hydrogen-bond donors (Lipinski definition) is 1. The fraction of sp³-hybridized carbons (Fsp3) is 0.600. The van der Waals surface area contributed by atoms with Gasteiger partial charge in [-0.1, -0.05) is 30.7 Å². The molecule has 1 unspecified atom stereocenters. The molecule has 1 aliphatic rings. The molecule has 0 radical (unpaired) electrons. The summed E-state index contributed by atoms with van der Waals surface area (Å²) in [5.74, 6) is 0.860. The molecule has 0 saturated carbocycles. The molecule has 0 bridgehead atoms. The summed E-state index contributed by atoms with van der Waals surface area (Å²) in [6.45, 7) is 5.63. The maximum Gasteiger partial charge on any atom is 0.0802 e. The number of piperidine rings is 1. The Bertz CT molecular complexity index is 375. The Morgan fingerprint density at radius 3 is 2.78 bits per heavy atom. The summed E-state index contributed by atoms with van der Waals surface area (Å²) in [5.41, 5.74) is 0.924. The van der Waals surface area contributed by atoms with Crippen molar-refractivity contribution in [1.29, 1.82) is 0 Å². The maximum atomic E-state index is 10.1. The van der Waals surface area contributed by atoms with E-state index in [1.165, 1.54) is 25.9 Å². The van der Waals surface area contributed by atoms with Crippen molar-refractivity contribution in [3.05, 3.63) is 34.9 Å². The summed E-state index contributed by atoms with van der Waals surface area (Å²) in [7, 11) is 0. The standard InChI is InChI=1S/C15H22ClNO/c1-12-5-8-17(9-6-12)10-7-15(18)13-3-2-4-14(16)11-13/h2-4,11-12,15,18H,5-10H2,1H3. The summed E-state index contributed by atoms with van der Waals surface area (Å²) in [6.07, 6.45) is 2.96. The number of halogens is 1. The third-order valence-electron chi connectivity index (χ3n) is 3.83. The SMILES string of the molecule is CC1CCN(CCC(O)c2cccc(Cl)c2)CC1. The molecule has 2 rings (SSSR count). The lowest BCUT2D eigenvalue weighted by atomic mass is 9.98. The Morgan fingerprint density at radius 1 is 1.39 bits per heavy atom. The van der Waals surface area contributed by atoms with Gasteiger partial charge in [0.15, 0.2) is 0 Å². The average molecular weight is 268 g/mol. The molecule has 1 heterocycles. The van der Waals surface area contributed by atoms with Crippen molar-refractivity contribution in [2.24, 2.45) is 5.92 Å². The largest absolute Gasteiger partial charge is 0.388 e. The van der Waals surface area contributed by atoms with E-state index >= 15 is 0 Å². The summed E-state index contributed by atoms with van der Waals surface area (Å²) in [5, 5.41) is 10.8. The Morgan fingerprint density at radius 2 is 2.11 bits per heavy atom. The van der Waals surface area contributed by atoms with Crippen LogP contribution in [0.3, 0.4) is 0 Å². The molecule has 1 aliphatic heterocycles. The van der Waals surface area contributed by atoms with Crippen LogP contribution in [0.5, 0.6) is 0 Å². The maximum absolute atomic E-state index is 10.1. The van der Waals surface area contributed by atoms with E-state index in [0.29, 0.717) is 5.02 Å². The van der Waals surface area contributed by atoms with E-state index in [9.17, 15) is 5.11 Å². The molecule has 0 spiro atoms. The second-order valence-corrected chi connectivity index (χ2v) is 5.82. The number of hydrogen-bond acceptors (Lipinski definition) is 2. The Hall–Kier alpha value is -0.570. The van der Waals surface area contributed by atoms with Crippen molar-refractivity contribution in [2.45, 2.75) is 32.3 Å². The van der Waals surface area contributed by atoms with Crippen molar-refractivity contribution in [1.82, 2.24) is 4.90 Å². The van der Waals surface area contributed by atoms with Crippen molar-refractivity contribution in [3.63, 3.8) is 0 Å². The topological polar surface area (TPSA) is 23.5 Å². The highest BCUT2D eigenvalue weighted by Crippen LogP contribution is 2.22. The van der Waals surface area contributed by atoms with Crippen molar-refractivity contribution < 1.29 is 5.11 Å². The molecule has 18 heavy (non-hydrogen) atoms. The van der Waals surface area contributed by atoms with E-state index in [1.807, 2.05) is 24.3 Å². The summed E-state index contributed by atoms with van der Waals surface area (Å²) >= 11 is 5.93. The van der Waals surface area contributed by atoms with E-state index in [0.717, 1.165) is 24.4 Å². The minimum atomic E-state index is -0.400. The molecule has 3 heteroatoms. The molecule has 0 aliphatic carbocycles. The van der Waals surface area contributed by atoms with Gasteiger partial charge in [0.05, 0.1) is 6.10 Å². The van der Waals surface area contributed by atoms with Crippen LogP contribution in [0.25, 0.3) is 0 Å². The van der Waals surface area contributed by atoms with Crippen molar-refractivity contribution in [2.75, 3.05) is 19.6 Å². The third kappa shape index (κ3) is 3.98. The van der Waals surface area contributed by atoms with Crippen LogP contribution in [-0.4, -0.2) is 29.6 Å². The number of likely N-dealkylation sites (tertiary alicyclic amines) is 1. The van der Waals surface area contributed by atoms with Gasteiger partial charge in [0.2, 0.25) is 0 Å². The number of aliphatic hydroxyl groups is 1. The zero-order valence-electron chi connectivity index (χ0n) is 11.0. The highest BCUT2D eigenvalue weighted by Gasteiger charge is 2.17. The van der Waals surface area contributed by atoms with Crippen LogP contribution >= 0.6 is 11.6 Å². The Labute approximate surface area is 115 Å². The van der Waals surface area contributed by atoms with Gasteiger partial charge in [0.25, 0.3) is 0 Å². The molecular formula is C15H22ClNO. The van der Waals surface area contributed by atoms with Gasteiger partial charge in [-0.05, 0) is 56.0 Å². The minimum Gasteiger partial charge on any atom is -0.388 e. The molecule has 0 amide bonds. The lowest BCUT2D eigenvalue weighted by Crippen LogP contribution is -2.34. The molecule has 1 aromatic carbocycles. The monoisotopic (exact) mass is 267 g/mol. The van der Waals surface area contributed by atoms with E-state index < -0.39 is 6.10 Å². The van der Waals surface area contributed by atoms with Crippen LogP contribution in [-0.2, 0) is 0 Å². The van der Waals surface area contributed by atoms with E-state index in [4.69, 9.17) is 11.6 Å². The molecule has 1 atom stereocenters. The predicted molar refractivity (Wildman–Crippen MR) is 75.9 cm³/mol. The smallest absolute Gasteiger partial charge is 0.0802 e. The fourth-order valence-electron chi connectivity index (χ4n) is 2.47. The third-order valence-corrected chi connectivity index (χ3v) is 4.06. The van der Waals surface area contributed by atoms with Crippen LogP contribution in [0.15, 0.2) is 24.3 Å². The normalized spacial score (nSPS) is 19.9. The highest BCUT2D eigenvalue weighted by molar-refractivity contribution is 6.30. The number of benzene rings is 1. The Kier molecular flexibility index (Phi) is 5.04. The van der Waals surface area contributed by atoms with E-state index in [2.05, 4.69) is 11.8 Å². The summed E-state index contributed by atoms with van der Waals surface area (Å²) < 4.78 is 0. The molecule has 1 fully saturated rings. The van der Waals surface area contributed by atoms with E-state index in [-0.39, 0.29) is 0 Å². The van der Waals surface area contributed by atoms with Gasteiger partial charge in [0.1, 0.15) is 0 Å². The molecule has 0 aromatic heterocycles. The second-order valence-electron chi connectivity index (χ2n) is 5.38. The number of rotatable bonds is 4. The first kappa shape index (κ1) is 13.9. The van der Waals surface area contributed by atoms with Gasteiger partial charge in [-0.15, -0.1) is 0 Å². The van der Waals surface area contributed by atoms with Crippen molar-refractivity contribution in [3.8, 4) is 0 Å². The molecule has 2 nitrogen and oxygen atoms in total. The highest BCUT2D eigenvalue weighted by atomic mass is 35.5. The van der Waals surface area contributed by atoms with Gasteiger partial charge >= 0.3 is 0 Å². The van der Waals surface area contributed by atoms with E-state index in [1.54, 1.807) is 0 Å². The first-order chi connectivity index (χ1) is 8.65. The van der Waals surface area contributed by atoms with Crippen LogP contribution in [0.2, 0.25) is 5.02 Å². The lowest BCUT2D eigenvalue weighted by molar-refractivity contribution is 0.125. The van der Waals surface area contributed by atoms with Gasteiger partial charge in [-0.3, -0.25) is 0 Å². The fourth-order valence-corrected chi connectivity index (χ4v) is 2.67. The second kappa shape index (κ2) is 6.55. The van der Waals surface area contributed by atoms with Gasteiger partial charge in [-0.25, -0.2) is 0 Å². The van der Waals surface area contributed by atoms with Crippen LogP contribution < -0.4 is 0 Å². The molecule has 100 valence electrons.